The summed E-state index contributed by atoms with van der Waals surface area (Å²) >= 11 is 3.08. The van der Waals surface area contributed by atoms with Gasteiger partial charge < -0.3 is 10.1 Å². The fourth-order valence-corrected chi connectivity index (χ4v) is 2.03. The predicted molar refractivity (Wildman–Crippen MR) is 78.8 cm³/mol. The Labute approximate surface area is 125 Å². The van der Waals surface area contributed by atoms with Crippen molar-refractivity contribution in [2.45, 2.75) is 6.42 Å². The van der Waals surface area contributed by atoms with Crippen molar-refractivity contribution in [1.29, 1.82) is 0 Å². The Hall–Kier alpha value is -1.73. The highest BCUT2D eigenvalue weighted by Crippen LogP contribution is 2.27. The molecule has 1 aromatic rings. The van der Waals surface area contributed by atoms with Crippen LogP contribution in [0.1, 0.15) is 16.8 Å². The number of carbonyl (C=O) groups is 1. The minimum atomic E-state index is -0.542. The molecule has 20 heavy (non-hydrogen) atoms. The van der Waals surface area contributed by atoms with Crippen LogP contribution in [0.3, 0.4) is 0 Å². The van der Waals surface area contributed by atoms with Crippen LogP contribution < -0.4 is 5.32 Å². The molecular weight excluding hydrogens is 328 g/mol. The average Bonchev–Trinajstić information content (AvgIpc) is 2.42. The quantitative estimate of drug-likeness (QED) is 0.341. The van der Waals surface area contributed by atoms with Gasteiger partial charge in [-0.3, -0.25) is 14.9 Å². The molecule has 0 aliphatic rings. The topological polar surface area (TPSA) is 81.5 Å². The average molecular weight is 343 g/mol. The standard InChI is InChI=1S/C13H15BrN2O4/c1-2-3-8-20-9-7-15-13(17)10-5-4-6-11(12(10)14)16(18)19/h2,4-6H,1,3,7-9H2,(H,15,17). The lowest BCUT2D eigenvalue weighted by Crippen LogP contribution is -2.27. The summed E-state index contributed by atoms with van der Waals surface area (Å²) in [6.45, 7) is 4.84. The van der Waals surface area contributed by atoms with Crippen LogP contribution in [0.15, 0.2) is 35.3 Å². The van der Waals surface area contributed by atoms with Gasteiger partial charge in [0.1, 0.15) is 4.47 Å². The normalized spacial score (nSPS) is 10.1. The molecule has 0 atom stereocenters. The van der Waals surface area contributed by atoms with Gasteiger partial charge in [0.2, 0.25) is 0 Å². The molecule has 1 amide bonds. The largest absolute Gasteiger partial charge is 0.379 e. The molecule has 7 heteroatoms. The van der Waals surface area contributed by atoms with Crippen molar-refractivity contribution >= 4 is 27.5 Å². The van der Waals surface area contributed by atoms with Crippen LogP contribution in [0.2, 0.25) is 0 Å². The summed E-state index contributed by atoms with van der Waals surface area (Å²) in [5.41, 5.74) is 0.0881. The van der Waals surface area contributed by atoms with Crippen molar-refractivity contribution in [3.05, 3.63) is 51.0 Å². The van der Waals surface area contributed by atoms with E-state index in [0.717, 1.165) is 6.42 Å². The lowest BCUT2D eigenvalue weighted by molar-refractivity contribution is -0.385. The number of nitrogens with one attached hydrogen (secondary N) is 1. The van der Waals surface area contributed by atoms with Gasteiger partial charge in [-0.2, -0.15) is 0 Å². The summed E-state index contributed by atoms with van der Waals surface area (Å²) < 4.78 is 5.42. The second-order valence-corrected chi connectivity index (χ2v) is 4.63. The van der Waals surface area contributed by atoms with Crippen molar-refractivity contribution in [1.82, 2.24) is 5.32 Å². The van der Waals surface area contributed by atoms with Crippen molar-refractivity contribution in [3.8, 4) is 0 Å². The summed E-state index contributed by atoms with van der Waals surface area (Å²) in [5.74, 6) is -0.382. The third-order valence-electron chi connectivity index (χ3n) is 2.42. The van der Waals surface area contributed by atoms with Gasteiger partial charge in [0.25, 0.3) is 11.6 Å². The number of nitrogens with zero attached hydrogens (tertiary/aromatic N) is 1. The molecule has 0 unspecified atom stereocenters. The number of nitro groups is 1. The first kappa shape index (κ1) is 16.3. The molecule has 0 bridgehead atoms. The molecule has 0 saturated carbocycles. The Kier molecular flexibility index (Phi) is 6.89. The number of amides is 1. The molecule has 0 fully saturated rings. The van der Waals surface area contributed by atoms with Gasteiger partial charge in [-0.1, -0.05) is 12.1 Å². The van der Waals surface area contributed by atoms with Crippen molar-refractivity contribution in [3.63, 3.8) is 0 Å². The highest BCUT2D eigenvalue weighted by molar-refractivity contribution is 9.10. The van der Waals surface area contributed by atoms with E-state index in [1.807, 2.05) is 0 Å². The van der Waals surface area contributed by atoms with Gasteiger partial charge in [-0.05, 0) is 28.4 Å². The van der Waals surface area contributed by atoms with Gasteiger partial charge in [0.15, 0.2) is 0 Å². The minimum absolute atomic E-state index is 0.139. The molecule has 0 aromatic heterocycles. The number of hydrogen-bond acceptors (Lipinski definition) is 4. The van der Waals surface area contributed by atoms with E-state index in [-0.39, 0.29) is 21.6 Å². The second kappa shape index (κ2) is 8.44. The van der Waals surface area contributed by atoms with Gasteiger partial charge in [0, 0.05) is 12.6 Å². The van der Waals surface area contributed by atoms with Gasteiger partial charge >= 0.3 is 0 Å². The number of rotatable bonds is 8. The first-order valence-corrected chi connectivity index (χ1v) is 6.77. The zero-order chi connectivity index (χ0) is 15.0. The van der Waals surface area contributed by atoms with Crippen molar-refractivity contribution < 1.29 is 14.5 Å². The van der Waals surface area contributed by atoms with E-state index in [2.05, 4.69) is 27.8 Å². The molecule has 6 nitrogen and oxygen atoms in total. The van der Waals surface area contributed by atoms with Crippen LogP contribution in [0.25, 0.3) is 0 Å². The number of benzene rings is 1. The Bertz CT molecular complexity index is 505. The molecule has 0 saturated heterocycles. The molecule has 0 aliphatic heterocycles. The van der Waals surface area contributed by atoms with Crippen LogP contribution in [-0.4, -0.2) is 30.6 Å². The third-order valence-corrected chi connectivity index (χ3v) is 3.25. The number of carbonyl (C=O) groups excluding carboxylic acids is 1. The van der Waals surface area contributed by atoms with Gasteiger partial charge in [0.05, 0.1) is 23.7 Å². The monoisotopic (exact) mass is 342 g/mol. The van der Waals surface area contributed by atoms with E-state index >= 15 is 0 Å². The highest BCUT2D eigenvalue weighted by atomic mass is 79.9. The maximum atomic E-state index is 11.9. The number of hydrogen-bond donors (Lipinski definition) is 1. The van der Waals surface area contributed by atoms with Gasteiger partial charge in [-0.15, -0.1) is 6.58 Å². The fourth-order valence-electron chi connectivity index (χ4n) is 1.44. The summed E-state index contributed by atoms with van der Waals surface area (Å²) in [6.07, 6.45) is 2.50. The Morgan fingerprint density at radius 2 is 2.25 bits per heavy atom. The van der Waals surface area contributed by atoms with Crippen molar-refractivity contribution in [2.24, 2.45) is 0 Å². The zero-order valence-corrected chi connectivity index (χ0v) is 12.4. The van der Waals surface area contributed by atoms with Gasteiger partial charge in [-0.25, -0.2) is 0 Å². The maximum Gasteiger partial charge on any atom is 0.284 e. The smallest absolute Gasteiger partial charge is 0.284 e. The molecule has 0 radical (unpaired) electrons. The first-order chi connectivity index (χ1) is 9.57. The van der Waals surface area contributed by atoms with Crippen LogP contribution in [0.5, 0.6) is 0 Å². The van der Waals surface area contributed by atoms with E-state index < -0.39 is 4.92 Å². The summed E-state index contributed by atoms with van der Waals surface area (Å²) in [6, 6.07) is 4.32. The SMILES string of the molecule is C=CCCOCCNC(=O)c1cccc([N+](=O)[O-])c1Br. The molecular formula is C13H15BrN2O4. The molecule has 108 valence electrons. The van der Waals surface area contributed by atoms with Crippen LogP contribution >= 0.6 is 15.9 Å². The molecule has 0 heterocycles. The van der Waals surface area contributed by atoms with E-state index in [1.165, 1.54) is 18.2 Å². The summed E-state index contributed by atoms with van der Waals surface area (Å²) in [5, 5.41) is 13.4. The summed E-state index contributed by atoms with van der Waals surface area (Å²) in [4.78, 5) is 22.1. The third kappa shape index (κ3) is 4.75. The predicted octanol–water partition coefficient (Wildman–Crippen LogP) is 2.68. The molecule has 1 aromatic carbocycles. The number of nitro benzene ring substituents is 1. The lowest BCUT2D eigenvalue weighted by atomic mass is 10.2. The molecule has 1 rings (SSSR count). The van der Waals surface area contributed by atoms with E-state index in [4.69, 9.17) is 4.74 Å². The molecule has 0 aliphatic carbocycles. The second-order valence-electron chi connectivity index (χ2n) is 3.84. The molecule has 0 spiro atoms. The minimum Gasteiger partial charge on any atom is -0.379 e. The fraction of sp³-hybridized carbons (Fsp3) is 0.308. The lowest BCUT2D eigenvalue weighted by Gasteiger charge is -2.07. The zero-order valence-electron chi connectivity index (χ0n) is 10.8. The Morgan fingerprint density at radius 3 is 2.90 bits per heavy atom. The van der Waals surface area contributed by atoms with Crippen LogP contribution in [0.4, 0.5) is 5.69 Å². The van der Waals surface area contributed by atoms with E-state index in [0.29, 0.717) is 19.8 Å². The number of halogens is 1. The van der Waals surface area contributed by atoms with Crippen LogP contribution in [-0.2, 0) is 4.74 Å². The Morgan fingerprint density at radius 1 is 1.50 bits per heavy atom. The highest BCUT2D eigenvalue weighted by Gasteiger charge is 2.18. The summed E-state index contributed by atoms with van der Waals surface area (Å²) in [7, 11) is 0. The molecule has 1 N–H and O–H groups in total. The first-order valence-electron chi connectivity index (χ1n) is 5.97. The van der Waals surface area contributed by atoms with E-state index in [1.54, 1.807) is 6.08 Å². The van der Waals surface area contributed by atoms with Crippen LogP contribution in [0, 0.1) is 10.1 Å². The van der Waals surface area contributed by atoms with Crippen molar-refractivity contribution in [2.75, 3.05) is 19.8 Å². The maximum absolute atomic E-state index is 11.9. The van der Waals surface area contributed by atoms with E-state index in [9.17, 15) is 14.9 Å². The Balaban J connectivity index is 2.53. The number of ether oxygens (including phenoxy) is 1.